The smallest absolute Gasteiger partial charge is 0.362 e. The van der Waals surface area contributed by atoms with Crippen molar-refractivity contribution in [3.05, 3.63) is 71.8 Å². The van der Waals surface area contributed by atoms with Gasteiger partial charge in [-0.1, -0.05) is 60.7 Å². The lowest BCUT2D eigenvalue weighted by molar-refractivity contribution is -0.302. The van der Waals surface area contributed by atoms with Crippen molar-refractivity contribution in [2.75, 3.05) is 0 Å². The van der Waals surface area contributed by atoms with Crippen LogP contribution in [0.5, 0.6) is 0 Å². The molecule has 2 aromatic carbocycles. The molecule has 0 aromatic heterocycles. The number of halogens is 3. The van der Waals surface area contributed by atoms with E-state index in [-0.39, 0.29) is 23.6 Å². The van der Waals surface area contributed by atoms with Gasteiger partial charge in [0.25, 0.3) is 5.72 Å². The van der Waals surface area contributed by atoms with Gasteiger partial charge in [-0.15, -0.1) is 0 Å². The first-order chi connectivity index (χ1) is 12.3. The van der Waals surface area contributed by atoms with Crippen LogP contribution in [0.1, 0.15) is 24.0 Å². The summed E-state index contributed by atoms with van der Waals surface area (Å²) in [4.78, 5) is 12.4. The minimum atomic E-state index is -5.02. The Morgan fingerprint density at radius 2 is 1.65 bits per heavy atom. The molecule has 1 amide bonds. The number of benzene rings is 2. The lowest BCUT2D eigenvalue weighted by atomic mass is 10.0. The Morgan fingerprint density at radius 1 is 1.08 bits per heavy atom. The predicted molar refractivity (Wildman–Crippen MR) is 90.2 cm³/mol. The number of aryl methyl sites for hydroxylation is 1. The van der Waals surface area contributed by atoms with Gasteiger partial charge in [-0.05, 0) is 17.5 Å². The minimum absolute atomic E-state index is 0.0264. The number of amides is 1. The second-order valence-electron chi connectivity index (χ2n) is 6.10. The Morgan fingerprint density at radius 3 is 2.23 bits per heavy atom. The third-order valence-corrected chi connectivity index (χ3v) is 4.25. The molecule has 4 nitrogen and oxygen atoms in total. The summed E-state index contributed by atoms with van der Waals surface area (Å²) in [7, 11) is 0. The highest BCUT2D eigenvalue weighted by molar-refractivity contribution is 6.03. The lowest BCUT2D eigenvalue weighted by Crippen LogP contribution is -2.56. The average Bonchev–Trinajstić information content (AvgIpc) is 3.00. The molecule has 0 bridgehead atoms. The van der Waals surface area contributed by atoms with Crippen molar-refractivity contribution >= 4 is 11.6 Å². The van der Waals surface area contributed by atoms with Gasteiger partial charge in [0.2, 0.25) is 5.91 Å². The maximum absolute atomic E-state index is 13.5. The predicted octanol–water partition coefficient (Wildman–Crippen LogP) is 3.51. The molecule has 3 rings (SSSR count). The van der Waals surface area contributed by atoms with Gasteiger partial charge >= 0.3 is 6.18 Å². The van der Waals surface area contributed by atoms with Crippen LogP contribution in [0.25, 0.3) is 0 Å². The quantitative estimate of drug-likeness (QED) is 0.905. The maximum Gasteiger partial charge on any atom is 0.438 e. The van der Waals surface area contributed by atoms with Crippen molar-refractivity contribution in [3.8, 4) is 0 Å². The molecule has 26 heavy (non-hydrogen) atoms. The summed E-state index contributed by atoms with van der Waals surface area (Å²) < 4.78 is 40.5. The van der Waals surface area contributed by atoms with Gasteiger partial charge in [0.05, 0.1) is 12.1 Å². The Balaban J connectivity index is 1.85. The molecule has 1 aliphatic rings. The van der Waals surface area contributed by atoms with E-state index < -0.39 is 24.2 Å². The van der Waals surface area contributed by atoms with E-state index in [1.807, 2.05) is 6.07 Å². The zero-order valence-electron chi connectivity index (χ0n) is 13.8. The number of hydrazone groups is 1. The van der Waals surface area contributed by atoms with Crippen LogP contribution in [0.4, 0.5) is 13.2 Å². The number of hydrogen-bond acceptors (Lipinski definition) is 3. The number of nitrogens with zero attached hydrogens (tertiary/aromatic N) is 2. The Kier molecular flexibility index (Phi) is 4.82. The molecule has 2 aromatic rings. The van der Waals surface area contributed by atoms with Crippen molar-refractivity contribution < 1.29 is 23.1 Å². The molecular formula is C19H17F3N2O2. The normalized spacial score (nSPS) is 20.2. The largest absolute Gasteiger partial charge is 0.438 e. The maximum atomic E-state index is 13.5. The van der Waals surface area contributed by atoms with E-state index >= 15 is 0 Å². The van der Waals surface area contributed by atoms with E-state index in [0.717, 1.165) is 5.56 Å². The van der Waals surface area contributed by atoms with Crippen LogP contribution in [0.2, 0.25) is 0 Å². The van der Waals surface area contributed by atoms with E-state index in [4.69, 9.17) is 0 Å². The number of aliphatic hydroxyl groups is 1. The van der Waals surface area contributed by atoms with E-state index in [1.54, 1.807) is 54.6 Å². The van der Waals surface area contributed by atoms with Crippen LogP contribution in [-0.2, 0) is 11.2 Å². The second kappa shape index (κ2) is 6.92. The molecule has 0 saturated carbocycles. The Hall–Kier alpha value is -2.67. The Bertz CT molecular complexity index is 807. The average molecular weight is 362 g/mol. The number of carbonyl (C=O) groups is 1. The van der Waals surface area contributed by atoms with Crippen LogP contribution in [0.3, 0.4) is 0 Å². The number of carbonyl (C=O) groups excluding carboxylic acids is 1. The molecule has 1 aliphatic heterocycles. The van der Waals surface area contributed by atoms with Gasteiger partial charge < -0.3 is 5.11 Å². The fourth-order valence-electron chi connectivity index (χ4n) is 2.82. The van der Waals surface area contributed by atoms with E-state index in [9.17, 15) is 23.1 Å². The van der Waals surface area contributed by atoms with Gasteiger partial charge in [0, 0.05) is 6.42 Å². The topological polar surface area (TPSA) is 52.9 Å². The monoisotopic (exact) mass is 362 g/mol. The molecule has 0 aliphatic carbocycles. The first-order valence-corrected chi connectivity index (χ1v) is 8.10. The first kappa shape index (κ1) is 18.1. The molecule has 0 saturated heterocycles. The van der Waals surface area contributed by atoms with E-state index in [1.165, 1.54) is 0 Å². The van der Waals surface area contributed by atoms with Gasteiger partial charge in [0.1, 0.15) is 0 Å². The standard InChI is InChI=1S/C19H17F3N2O2/c20-19(21,22)18(26)13-16(15-9-5-2-6-10-15)23-24(18)17(25)12-11-14-7-3-1-4-8-14/h1-10,26H,11-13H2. The van der Waals surface area contributed by atoms with Crippen LogP contribution in [-0.4, -0.2) is 33.6 Å². The van der Waals surface area contributed by atoms with Crippen LogP contribution < -0.4 is 0 Å². The summed E-state index contributed by atoms with van der Waals surface area (Å²) in [5.41, 5.74) is -2.04. The molecule has 1 unspecified atom stereocenters. The third kappa shape index (κ3) is 3.48. The van der Waals surface area contributed by atoms with Crippen LogP contribution >= 0.6 is 0 Å². The van der Waals surface area contributed by atoms with Crippen LogP contribution in [0, 0.1) is 0 Å². The van der Waals surface area contributed by atoms with Gasteiger partial charge in [-0.3, -0.25) is 4.79 Å². The summed E-state index contributed by atoms with van der Waals surface area (Å²) in [6, 6.07) is 17.2. The van der Waals surface area contributed by atoms with E-state index in [2.05, 4.69) is 5.10 Å². The molecular weight excluding hydrogens is 345 g/mol. The summed E-state index contributed by atoms with van der Waals surface area (Å²) in [6.45, 7) is 0. The highest BCUT2D eigenvalue weighted by atomic mass is 19.4. The second-order valence-corrected chi connectivity index (χ2v) is 6.10. The van der Waals surface area contributed by atoms with Crippen molar-refractivity contribution in [1.82, 2.24) is 5.01 Å². The zero-order chi connectivity index (χ0) is 18.8. The fraction of sp³-hybridized carbons (Fsp3) is 0.263. The van der Waals surface area contributed by atoms with Gasteiger partial charge in [0.15, 0.2) is 0 Å². The third-order valence-electron chi connectivity index (χ3n) is 4.25. The van der Waals surface area contributed by atoms with Crippen molar-refractivity contribution in [2.45, 2.75) is 31.2 Å². The summed E-state index contributed by atoms with van der Waals surface area (Å²) in [6.07, 6.45) is -5.73. The zero-order valence-corrected chi connectivity index (χ0v) is 13.8. The van der Waals surface area contributed by atoms with Gasteiger partial charge in [-0.25, -0.2) is 0 Å². The molecule has 1 atom stereocenters. The van der Waals surface area contributed by atoms with Gasteiger partial charge in [-0.2, -0.15) is 23.3 Å². The van der Waals surface area contributed by atoms with Crippen molar-refractivity contribution in [3.63, 3.8) is 0 Å². The Labute approximate surface area is 148 Å². The summed E-state index contributed by atoms with van der Waals surface area (Å²) in [5, 5.41) is 14.3. The van der Waals surface area contributed by atoms with Crippen molar-refractivity contribution in [1.29, 1.82) is 0 Å². The number of hydrogen-bond donors (Lipinski definition) is 1. The molecule has 0 fully saturated rings. The summed E-state index contributed by atoms with van der Waals surface area (Å²) in [5.74, 6) is -0.875. The highest BCUT2D eigenvalue weighted by Crippen LogP contribution is 2.41. The molecule has 0 radical (unpaired) electrons. The minimum Gasteiger partial charge on any atom is -0.362 e. The van der Waals surface area contributed by atoms with E-state index in [0.29, 0.717) is 5.56 Å². The van der Waals surface area contributed by atoms with Crippen molar-refractivity contribution in [2.24, 2.45) is 5.10 Å². The van der Waals surface area contributed by atoms with Crippen LogP contribution in [0.15, 0.2) is 65.8 Å². The molecule has 1 heterocycles. The first-order valence-electron chi connectivity index (χ1n) is 8.10. The highest BCUT2D eigenvalue weighted by Gasteiger charge is 2.63. The molecule has 0 spiro atoms. The molecule has 7 heteroatoms. The number of rotatable bonds is 4. The summed E-state index contributed by atoms with van der Waals surface area (Å²) >= 11 is 0. The fourth-order valence-corrected chi connectivity index (χ4v) is 2.82. The SMILES string of the molecule is O=C(CCc1ccccc1)N1N=C(c2ccccc2)CC1(O)C(F)(F)F. The lowest BCUT2D eigenvalue weighted by Gasteiger charge is -2.32. The number of alkyl halides is 3. The molecule has 136 valence electrons. The molecule has 1 N–H and O–H groups in total.